The Kier molecular flexibility index (Phi) is 5.72. The molecule has 0 bridgehead atoms. The smallest absolute Gasteiger partial charge is 0.325 e. The molecule has 0 radical (unpaired) electrons. The Hall–Kier alpha value is -1.17. The number of benzene rings is 1. The first-order valence-electron chi connectivity index (χ1n) is 5.63. The van der Waals surface area contributed by atoms with Crippen molar-refractivity contribution in [2.24, 2.45) is 0 Å². The SMILES string of the molecule is CCOc1ccc(OCCCP(=O)(O)O)c(F)c1F. The zero-order chi connectivity index (χ0) is 14.5. The second-order valence-corrected chi connectivity index (χ2v) is 5.49. The maximum Gasteiger partial charge on any atom is 0.325 e. The number of ether oxygens (including phenoxy) is 2. The first-order valence-corrected chi connectivity index (χ1v) is 7.43. The molecule has 19 heavy (non-hydrogen) atoms. The van der Waals surface area contributed by atoms with Crippen LogP contribution in [0.3, 0.4) is 0 Å². The summed E-state index contributed by atoms with van der Waals surface area (Å²) in [5.74, 6) is -2.84. The molecular weight excluding hydrogens is 281 g/mol. The van der Waals surface area contributed by atoms with Gasteiger partial charge in [0.2, 0.25) is 11.6 Å². The maximum atomic E-state index is 13.5. The van der Waals surface area contributed by atoms with Crippen LogP contribution in [0.5, 0.6) is 11.5 Å². The van der Waals surface area contributed by atoms with E-state index >= 15 is 0 Å². The van der Waals surface area contributed by atoms with Crippen molar-refractivity contribution in [1.82, 2.24) is 0 Å². The van der Waals surface area contributed by atoms with E-state index in [1.54, 1.807) is 6.92 Å². The summed E-state index contributed by atoms with van der Waals surface area (Å²) >= 11 is 0. The van der Waals surface area contributed by atoms with E-state index in [2.05, 4.69) is 0 Å². The molecule has 1 aromatic rings. The fourth-order valence-electron chi connectivity index (χ4n) is 1.35. The van der Waals surface area contributed by atoms with Gasteiger partial charge >= 0.3 is 7.60 Å². The van der Waals surface area contributed by atoms with Crippen molar-refractivity contribution in [3.05, 3.63) is 23.8 Å². The van der Waals surface area contributed by atoms with Crippen LogP contribution in [-0.2, 0) is 4.57 Å². The van der Waals surface area contributed by atoms with Crippen molar-refractivity contribution in [3.8, 4) is 11.5 Å². The lowest BCUT2D eigenvalue weighted by Crippen LogP contribution is -2.04. The molecule has 0 aliphatic rings. The Morgan fingerprint density at radius 1 is 1.16 bits per heavy atom. The zero-order valence-electron chi connectivity index (χ0n) is 10.3. The van der Waals surface area contributed by atoms with Gasteiger partial charge in [-0.1, -0.05) is 0 Å². The lowest BCUT2D eigenvalue weighted by molar-refractivity contribution is 0.279. The lowest BCUT2D eigenvalue weighted by atomic mass is 10.3. The number of hydrogen-bond acceptors (Lipinski definition) is 3. The third-order valence-electron chi connectivity index (χ3n) is 2.16. The molecule has 108 valence electrons. The average molecular weight is 296 g/mol. The highest BCUT2D eigenvalue weighted by Gasteiger charge is 2.16. The second-order valence-electron chi connectivity index (χ2n) is 3.71. The number of rotatable bonds is 7. The Labute approximate surface area is 109 Å². The minimum Gasteiger partial charge on any atom is -0.491 e. The third-order valence-corrected chi connectivity index (χ3v) is 3.06. The van der Waals surface area contributed by atoms with Gasteiger partial charge in [0.1, 0.15) is 0 Å². The van der Waals surface area contributed by atoms with Crippen molar-refractivity contribution in [2.75, 3.05) is 19.4 Å². The minimum atomic E-state index is -4.09. The molecule has 0 aliphatic carbocycles. The summed E-state index contributed by atoms with van der Waals surface area (Å²) in [6.45, 7) is 1.73. The topological polar surface area (TPSA) is 76.0 Å². The summed E-state index contributed by atoms with van der Waals surface area (Å²) in [6.07, 6.45) is -0.327. The molecule has 0 aliphatic heterocycles. The van der Waals surface area contributed by atoms with Gasteiger partial charge in [0.25, 0.3) is 0 Å². The molecule has 1 rings (SSSR count). The fraction of sp³-hybridized carbons (Fsp3) is 0.455. The molecule has 0 fully saturated rings. The largest absolute Gasteiger partial charge is 0.491 e. The number of hydrogen-bond donors (Lipinski definition) is 2. The van der Waals surface area contributed by atoms with Gasteiger partial charge in [-0.05, 0) is 25.5 Å². The minimum absolute atomic E-state index is 0.0402. The molecule has 0 atom stereocenters. The highest BCUT2D eigenvalue weighted by Crippen LogP contribution is 2.35. The molecule has 0 heterocycles. The van der Waals surface area contributed by atoms with Crippen molar-refractivity contribution < 1.29 is 32.6 Å². The van der Waals surface area contributed by atoms with Gasteiger partial charge in [0, 0.05) is 0 Å². The molecule has 2 N–H and O–H groups in total. The normalized spacial score (nSPS) is 11.4. The van der Waals surface area contributed by atoms with E-state index < -0.39 is 19.2 Å². The summed E-state index contributed by atoms with van der Waals surface area (Å²) in [6, 6.07) is 2.45. The van der Waals surface area contributed by atoms with Crippen LogP contribution in [0.2, 0.25) is 0 Å². The molecule has 0 saturated heterocycles. The first kappa shape index (κ1) is 15.9. The van der Waals surface area contributed by atoms with E-state index in [4.69, 9.17) is 19.3 Å². The van der Waals surface area contributed by atoms with Gasteiger partial charge in [-0.15, -0.1) is 0 Å². The maximum absolute atomic E-state index is 13.5. The first-order chi connectivity index (χ1) is 8.85. The van der Waals surface area contributed by atoms with Crippen molar-refractivity contribution in [1.29, 1.82) is 0 Å². The van der Waals surface area contributed by atoms with Gasteiger partial charge in [-0.2, -0.15) is 8.78 Å². The van der Waals surface area contributed by atoms with Crippen molar-refractivity contribution >= 4 is 7.60 Å². The van der Waals surface area contributed by atoms with Crippen LogP contribution in [0.15, 0.2) is 12.1 Å². The standard InChI is InChI=1S/C11H15F2O5P/c1-2-17-8-4-5-9(11(13)10(8)12)18-6-3-7-19(14,15)16/h4-5H,2-3,6-7H2,1H3,(H2,14,15,16). The highest BCUT2D eigenvalue weighted by molar-refractivity contribution is 7.51. The molecule has 0 aromatic heterocycles. The summed E-state index contributed by atoms with van der Waals surface area (Å²) in [5.41, 5.74) is 0. The predicted molar refractivity (Wildman–Crippen MR) is 64.6 cm³/mol. The lowest BCUT2D eigenvalue weighted by Gasteiger charge is -2.10. The molecule has 0 spiro atoms. The van der Waals surface area contributed by atoms with Crippen molar-refractivity contribution in [3.63, 3.8) is 0 Å². The van der Waals surface area contributed by atoms with Gasteiger partial charge in [0.05, 0.1) is 19.4 Å². The van der Waals surface area contributed by atoms with Crippen LogP contribution >= 0.6 is 7.60 Å². The average Bonchev–Trinajstić information content (AvgIpc) is 2.32. The highest BCUT2D eigenvalue weighted by atomic mass is 31.2. The van der Waals surface area contributed by atoms with Crippen LogP contribution in [0.1, 0.15) is 13.3 Å². The van der Waals surface area contributed by atoms with Crippen LogP contribution in [0.4, 0.5) is 8.78 Å². The predicted octanol–water partition coefficient (Wildman–Crippen LogP) is 2.31. The van der Waals surface area contributed by atoms with Gasteiger partial charge < -0.3 is 19.3 Å². The second kappa shape index (κ2) is 6.84. The Balaban J connectivity index is 2.60. The molecule has 8 heteroatoms. The van der Waals surface area contributed by atoms with E-state index in [1.165, 1.54) is 12.1 Å². The van der Waals surface area contributed by atoms with Crippen LogP contribution in [0.25, 0.3) is 0 Å². The third kappa shape index (κ3) is 5.14. The summed E-state index contributed by atoms with van der Waals surface area (Å²) in [7, 11) is -4.09. The Morgan fingerprint density at radius 2 is 1.68 bits per heavy atom. The molecular formula is C11H15F2O5P. The van der Waals surface area contributed by atoms with Gasteiger partial charge in [-0.3, -0.25) is 4.57 Å². The summed E-state index contributed by atoms with van der Waals surface area (Å²) in [5, 5.41) is 0. The van der Waals surface area contributed by atoms with Gasteiger partial charge in [-0.25, -0.2) is 0 Å². The summed E-state index contributed by atoms with van der Waals surface area (Å²) < 4.78 is 47.3. The zero-order valence-corrected chi connectivity index (χ0v) is 11.2. The van der Waals surface area contributed by atoms with E-state index in [0.717, 1.165) is 0 Å². The van der Waals surface area contributed by atoms with Crippen molar-refractivity contribution in [2.45, 2.75) is 13.3 Å². The summed E-state index contributed by atoms with van der Waals surface area (Å²) in [4.78, 5) is 17.2. The Bertz CT molecular complexity index is 474. The quantitative estimate of drug-likeness (QED) is 0.596. The van der Waals surface area contributed by atoms with Gasteiger partial charge in [0.15, 0.2) is 11.5 Å². The van der Waals surface area contributed by atoms with E-state index in [9.17, 15) is 13.3 Å². The number of halogens is 2. The Morgan fingerprint density at radius 3 is 2.16 bits per heavy atom. The molecule has 0 amide bonds. The van der Waals surface area contributed by atoms with E-state index in [0.29, 0.717) is 0 Å². The molecule has 0 saturated carbocycles. The van der Waals surface area contributed by atoms with Crippen LogP contribution in [0, 0.1) is 11.6 Å². The van der Waals surface area contributed by atoms with Crippen LogP contribution < -0.4 is 9.47 Å². The van der Waals surface area contributed by atoms with Crippen LogP contribution in [-0.4, -0.2) is 29.2 Å². The van der Waals surface area contributed by atoms with E-state index in [1.807, 2.05) is 0 Å². The molecule has 1 aromatic carbocycles. The monoisotopic (exact) mass is 296 g/mol. The fourth-order valence-corrected chi connectivity index (χ4v) is 1.89. The molecule has 0 unspecified atom stereocenters. The van der Waals surface area contributed by atoms with E-state index in [-0.39, 0.29) is 37.3 Å². The molecule has 5 nitrogen and oxygen atoms in total.